The molecule has 3 amide bonds. The van der Waals surface area contributed by atoms with Gasteiger partial charge in [-0.2, -0.15) is 0 Å². The van der Waals surface area contributed by atoms with Crippen LogP contribution in [-0.4, -0.2) is 23.0 Å². The number of hydrogen-bond donors (Lipinski definition) is 3. The van der Waals surface area contributed by atoms with Crippen LogP contribution in [0.4, 0.5) is 11.4 Å². The predicted octanol–water partition coefficient (Wildman–Crippen LogP) is 9.52. The van der Waals surface area contributed by atoms with E-state index < -0.39 is 5.91 Å². The third-order valence-corrected chi connectivity index (χ3v) is 8.94. The van der Waals surface area contributed by atoms with E-state index in [1.807, 2.05) is 110 Å². The van der Waals surface area contributed by atoms with Gasteiger partial charge in [0.15, 0.2) is 0 Å². The number of thioether (sulfide) groups is 1. The largest absolute Gasteiger partial charge is 0.457 e. The summed E-state index contributed by atoms with van der Waals surface area (Å²) in [6.07, 6.45) is 2.26. The van der Waals surface area contributed by atoms with Gasteiger partial charge in [-0.05, 0) is 96.3 Å². The topological polar surface area (TPSA) is 96.5 Å². The maximum Gasteiger partial charge on any atom is 0.272 e. The Kier molecular flexibility index (Phi) is 12.0. The summed E-state index contributed by atoms with van der Waals surface area (Å²) in [5, 5.41) is 8.34. The zero-order chi connectivity index (χ0) is 34.6. The highest BCUT2D eigenvalue weighted by molar-refractivity contribution is 8.00. The predicted molar refractivity (Wildman–Crippen MR) is 199 cm³/mol. The number of anilines is 2. The highest BCUT2D eigenvalue weighted by Crippen LogP contribution is 2.29. The Morgan fingerprint density at radius 1 is 0.714 bits per heavy atom. The molecule has 0 radical (unpaired) electrons. The standard InChI is InChI=1S/C41H39N3O4S/c1-4-38(41(47)42-32-22-24-35(25-23-32)48-34-15-9-6-10-16-34)49-36-17-11-14-33(27-36)43-40(46)37(44-39(45)31-12-7-5-8-13-31)26-29-18-20-30(21-19-29)28(2)3/h5-28,38H,4H2,1-3H3,(H,42,47)(H,43,46)(H,44,45)/b37-26+. The second kappa shape index (κ2) is 17.0. The molecule has 7 nitrogen and oxygen atoms in total. The summed E-state index contributed by atoms with van der Waals surface area (Å²) in [7, 11) is 0. The van der Waals surface area contributed by atoms with E-state index in [-0.39, 0.29) is 22.8 Å². The van der Waals surface area contributed by atoms with Crippen molar-refractivity contribution < 1.29 is 19.1 Å². The molecule has 0 bridgehead atoms. The molecule has 248 valence electrons. The lowest BCUT2D eigenvalue weighted by molar-refractivity contribution is -0.116. The van der Waals surface area contributed by atoms with Crippen LogP contribution in [0.15, 0.2) is 144 Å². The van der Waals surface area contributed by atoms with Crippen molar-refractivity contribution in [2.75, 3.05) is 10.6 Å². The van der Waals surface area contributed by atoms with E-state index in [1.165, 1.54) is 17.3 Å². The van der Waals surface area contributed by atoms with Crippen molar-refractivity contribution in [1.29, 1.82) is 0 Å². The van der Waals surface area contributed by atoms with Gasteiger partial charge in [-0.15, -0.1) is 11.8 Å². The van der Waals surface area contributed by atoms with E-state index in [0.29, 0.717) is 35.0 Å². The summed E-state index contributed by atoms with van der Waals surface area (Å²) < 4.78 is 5.85. The van der Waals surface area contributed by atoms with Crippen molar-refractivity contribution in [2.24, 2.45) is 0 Å². The Morgan fingerprint density at radius 2 is 1.37 bits per heavy atom. The van der Waals surface area contributed by atoms with Gasteiger partial charge in [0, 0.05) is 21.8 Å². The number of benzene rings is 5. The Labute approximate surface area is 291 Å². The maximum atomic E-state index is 13.6. The summed E-state index contributed by atoms with van der Waals surface area (Å²) >= 11 is 1.41. The van der Waals surface area contributed by atoms with Crippen LogP contribution >= 0.6 is 11.8 Å². The van der Waals surface area contributed by atoms with Crippen molar-refractivity contribution in [3.8, 4) is 11.5 Å². The molecule has 8 heteroatoms. The average Bonchev–Trinajstić information content (AvgIpc) is 3.12. The zero-order valence-corrected chi connectivity index (χ0v) is 28.5. The molecular weight excluding hydrogens is 631 g/mol. The lowest BCUT2D eigenvalue weighted by Gasteiger charge is -2.16. The molecule has 5 aromatic carbocycles. The molecule has 0 saturated carbocycles. The van der Waals surface area contributed by atoms with E-state index in [9.17, 15) is 14.4 Å². The van der Waals surface area contributed by atoms with Crippen LogP contribution < -0.4 is 20.7 Å². The van der Waals surface area contributed by atoms with Gasteiger partial charge in [-0.3, -0.25) is 14.4 Å². The van der Waals surface area contributed by atoms with Crippen LogP contribution in [0.2, 0.25) is 0 Å². The minimum absolute atomic E-state index is 0.107. The van der Waals surface area contributed by atoms with E-state index in [0.717, 1.165) is 16.2 Å². The molecule has 0 fully saturated rings. The van der Waals surface area contributed by atoms with Crippen molar-refractivity contribution in [3.05, 3.63) is 156 Å². The van der Waals surface area contributed by atoms with Crippen LogP contribution in [0.5, 0.6) is 11.5 Å². The van der Waals surface area contributed by atoms with Crippen molar-refractivity contribution >= 4 is 46.9 Å². The van der Waals surface area contributed by atoms with E-state index >= 15 is 0 Å². The number of hydrogen-bond acceptors (Lipinski definition) is 5. The summed E-state index contributed by atoms with van der Waals surface area (Å²) in [4.78, 5) is 40.7. The Hall–Kier alpha value is -5.60. The average molecular weight is 670 g/mol. The molecular formula is C41H39N3O4S. The first-order valence-electron chi connectivity index (χ1n) is 16.2. The summed E-state index contributed by atoms with van der Waals surface area (Å²) in [6.45, 7) is 6.19. The number of carbonyl (C=O) groups excluding carboxylic acids is 3. The van der Waals surface area contributed by atoms with Gasteiger partial charge in [0.2, 0.25) is 5.91 Å². The summed E-state index contributed by atoms with van der Waals surface area (Å²) in [5.74, 6) is 0.793. The van der Waals surface area contributed by atoms with Gasteiger partial charge in [-0.1, -0.05) is 87.5 Å². The van der Waals surface area contributed by atoms with E-state index in [1.54, 1.807) is 36.4 Å². The smallest absolute Gasteiger partial charge is 0.272 e. The van der Waals surface area contributed by atoms with Crippen LogP contribution in [0.1, 0.15) is 54.6 Å². The molecule has 0 heterocycles. The number of para-hydroxylation sites is 1. The SMILES string of the molecule is CCC(Sc1cccc(NC(=O)/C(=C\c2ccc(C(C)C)cc2)NC(=O)c2ccccc2)c1)C(=O)Nc1ccc(Oc2ccccc2)cc1. The fourth-order valence-corrected chi connectivity index (χ4v) is 5.89. The fourth-order valence-electron chi connectivity index (χ4n) is 4.87. The Balaban J connectivity index is 1.25. The summed E-state index contributed by atoms with van der Waals surface area (Å²) in [5.41, 5.74) is 3.71. The first-order valence-corrected chi connectivity index (χ1v) is 17.1. The summed E-state index contributed by atoms with van der Waals surface area (Å²) in [6, 6.07) is 40.7. The molecule has 1 unspecified atom stereocenters. The number of amides is 3. The molecule has 49 heavy (non-hydrogen) atoms. The minimum atomic E-state index is -0.469. The first-order chi connectivity index (χ1) is 23.8. The molecule has 5 aromatic rings. The first kappa shape index (κ1) is 34.7. The number of carbonyl (C=O) groups is 3. The highest BCUT2D eigenvalue weighted by atomic mass is 32.2. The molecule has 0 spiro atoms. The zero-order valence-electron chi connectivity index (χ0n) is 27.7. The van der Waals surface area contributed by atoms with Crippen LogP contribution in [-0.2, 0) is 9.59 Å². The van der Waals surface area contributed by atoms with Crippen molar-refractivity contribution in [2.45, 2.75) is 43.3 Å². The van der Waals surface area contributed by atoms with Gasteiger partial charge < -0.3 is 20.7 Å². The van der Waals surface area contributed by atoms with Crippen LogP contribution in [0, 0.1) is 0 Å². The van der Waals surface area contributed by atoms with E-state index in [2.05, 4.69) is 29.8 Å². The highest BCUT2D eigenvalue weighted by Gasteiger charge is 2.20. The Morgan fingerprint density at radius 3 is 2.02 bits per heavy atom. The quantitative estimate of drug-likeness (QED) is 0.0857. The number of ether oxygens (including phenoxy) is 1. The monoisotopic (exact) mass is 669 g/mol. The van der Waals surface area contributed by atoms with Gasteiger partial charge in [-0.25, -0.2) is 0 Å². The maximum absolute atomic E-state index is 13.6. The normalized spacial score (nSPS) is 11.8. The second-order valence-electron chi connectivity index (χ2n) is 11.6. The minimum Gasteiger partial charge on any atom is -0.457 e. The second-order valence-corrected chi connectivity index (χ2v) is 12.9. The van der Waals surface area contributed by atoms with E-state index in [4.69, 9.17) is 4.74 Å². The fraction of sp³-hybridized carbons (Fsp3) is 0.146. The van der Waals surface area contributed by atoms with Gasteiger partial charge >= 0.3 is 0 Å². The van der Waals surface area contributed by atoms with Crippen LogP contribution in [0.25, 0.3) is 6.08 Å². The third kappa shape index (κ3) is 10.2. The lowest BCUT2D eigenvalue weighted by Crippen LogP contribution is -2.30. The molecule has 3 N–H and O–H groups in total. The molecule has 0 aromatic heterocycles. The Bertz CT molecular complexity index is 1890. The number of nitrogens with one attached hydrogen (secondary N) is 3. The molecule has 1 atom stereocenters. The molecule has 0 aliphatic carbocycles. The molecule has 0 saturated heterocycles. The van der Waals surface area contributed by atoms with Gasteiger partial charge in [0.05, 0.1) is 5.25 Å². The van der Waals surface area contributed by atoms with Crippen molar-refractivity contribution in [1.82, 2.24) is 5.32 Å². The molecule has 5 rings (SSSR count). The number of rotatable bonds is 13. The lowest BCUT2D eigenvalue weighted by atomic mass is 10.0. The molecule has 0 aliphatic heterocycles. The molecule has 0 aliphatic rings. The van der Waals surface area contributed by atoms with Gasteiger partial charge in [0.1, 0.15) is 17.2 Å². The van der Waals surface area contributed by atoms with Crippen molar-refractivity contribution in [3.63, 3.8) is 0 Å². The van der Waals surface area contributed by atoms with Crippen LogP contribution in [0.3, 0.4) is 0 Å². The third-order valence-electron chi connectivity index (χ3n) is 7.58. The van der Waals surface area contributed by atoms with Gasteiger partial charge in [0.25, 0.3) is 11.8 Å².